The van der Waals surface area contributed by atoms with Gasteiger partial charge in [-0.2, -0.15) is 0 Å². The van der Waals surface area contributed by atoms with Gasteiger partial charge < -0.3 is 4.74 Å². The van der Waals surface area contributed by atoms with Crippen LogP contribution in [-0.2, 0) is 11.3 Å². The van der Waals surface area contributed by atoms with Crippen LogP contribution in [0.1, 0.15) is 35.9 Å². The fourth-order valence-corrected chi connectivity index (χ4v) is 4.20. The Morgan fingerprint density at radius 1 is 1.37 bits per heavy atom. The normalized spacial score (nSPS) is 15.7. The number of halogens is 1. The van der Waals surface area contributed by atoms with Crippen LogP contribution in [0, 0.1) is 19.8 Å². The van der Waals surface area contributed by atoms with Gasteiger partial charge in [0.2, 0.25) is 0 Å². The zero-order valence-corrected chi connectivity index (χ0v) is 17.6. The van der Waals surface area contributed by atoms with Crippen LogP contribution in [0.25, 0.3) is 0 Å². The average molecular weight is 408 g/mol. The summed E-state index contributed by atoms with van der Waals surface area (Å²) in [5.74, 6) is 1.24. The summed E-state index contributed by atoms with van der Waals surface area (Å²) in [4.78, 5) is 20.4. The first-order chi connectivity index (χ1) is 12.9. The summed E-state index contributed by atoms with van der Waals surface area (Å²) in [6.45, 7) is 9.34. The third-order valence-corrected chi connectivity index (χ3v) is 6.36. The first kappa shape index (κ1) is 20.1. The molecular formula is C20H26ClN3O2S. The van der Waals surface area contributed by atoms with E-state index in [9.17, 15) is 4.79 Å². The number of aryl methyl sites for hydroxylation is 2. The molecule has 1 aliphatic heterocycles. The zero-order valence-electron chi connectivity index (χ0n) is 16.0. The predicted molar refractivity (Wildman–Crippen MR) is 111 cm³/mol. The van der Waals surface area contributed by atoms with Gasteiger partial charge in [-0.3, -0.25) is 15.0 Å². The summed E-state index contributed by atoms with van der Waals surface area (Å²) in [6, 6.07) is 5.34. The lowest BCUT2D eigenvalue weighted by atomic mass is 9.99. The zero-order chi connectivity index (χ0) is 19.4. The number of nitrogens with one attached hydrogen (secondary N) is 1. The second kappa shape index (κ2) is 9.04. The fraction of sp³-hybridized carbons (Fsp3) is 0.500. The van der Waals surface area contributed by atoms with Gasteiger partial charge in [0.25, 0.3) is 5.91 Å². The number of likely N-dealkylation sites (tertiary alicyclic amines) is 1. The van der Waals surface area contributed by atoms with Crippen LogP contribution in [0.4, 0.5) is 5.13 Å². The maximum atomic E-state index is 12.2. The monoisotopic (exact) mass is 407 g/mol. The largest absolute Gasteiger partial charge is 0.484 e. The molecule has 0 aliphatic carbocycles. The van der Waals surface area contributed by atoms with Crippen molar-refractivity contribution >= 4 is 34.0 Å². The molecule has 1 aromatic heterocycles. The Bertz CT molecular complexity index is 801. The minimum absolute atomic E-state index is 0.0565. The van der Waals surface area contributed by atoms with E-state index < -0.39 is 0 Å². The molecule has 3 rings (SSSR count). The van der Waals surface area contributed by atoms with E-state index in [1.165, 1.54) is 17.7 Å². The fourth-order valence-electron chi connectivity index (χ4n) is 3.06. The molecule has 0 saturated carbocycles. The molecule has 2 aromatic rings. The third kappa shape index (κ3) is 5.67. The van der Waals surface area contributed by atoms with Crippen LogP contribution in [0.3, 0.4) is 0 Å². The Morgan fingerprint density at radius 3 is 2.81 bits per heavy atom. The van der Waals surface area contributed by atoms with E-state index in [0.29, 0.717) is 15.9 Å². The van der Waals surface area contributed by atoms with Gasteiger partial charge in [0.15, 0.2) is 11.7 Å². The summed E-state index contributed by atoms with van der Waals surface area (Å²) in [5.41, 5.74) is 1.91. The van der Waals surface area contributed by atoms with Gasteiger partial charge >= 0.3 is 0 Å². The number of aromatic nitrogens is 1. The predicted octanol–water partition coefficient (Wildman–Crippen LogP) is 4.66. The molecule has 1 aliphatic rings. The Morgan fingerprint density at radius 2 is 2.11 bits per heavy atom. The smallest absolute Gasteiger partial charge is 0.264 e. The molecule has 146 valence electrons. The number of piperidine rings is 1. The minimum Gasteiger partial charge on any atom is -0.484 e. The van der Waals surface area contributed by atoms with E-state index in [0.717, 1.165) is 36.8 Å². The highest BCUT2D eigenvalue weighted by Gasteiger charge is 2.18. The highest BCUT2D eigenvalue weighted by molar-refractivity contribution is 7.15. The van der Waals surface area contributed by atoms with Crippen LogP contribution in [0.2, 0.25) is 5.02 Å². The number of hydrogen-bond donors (Lipinski definition) is 1. The van der Waals surface area contributed by atoms with Crippen molar-refractivity contribution in [2.24, 2.45) is 5.92 Å². The van der Waals surface area contributed by atoms with Crippen molar-refractivity contribution in [1.82, 2.24) is 9.88 Å². The first-order valence-electron chi connectivity index (χ1n) is 9.28. The van der Waals surface area contributed by atoms with E-state index in [1.807, 2.05) is 19.9 Å². The molecule has 1 N–H and O–H groups in total. The van der Waals surface area contributed by atoms with E-state index in [2.05, 4.69) is 22.1 Å². The summed E-state index contributed by atoms with van der Waals surface area (Å²) in [7, 11) is 0. The SMILES string of the molecule is Cc1cc(OCC(=O)Nc2nc(C)c(CN3CCC(C)CC3)s2)ccc1Cl. The topological polar surface area (TPSA) is 54.5 Å². The van der Waals surface area contributed by atoms with Crippen LogP contribution >= 0.6 is 22.9 Å². The molecule has 1 saturated heterocycles. The maximum Gasteiger partial charge on any atom is 0.264 e. The lowest BCUT2D eigenvalue weighted by molar-refractivity contribution is -0.118. The molecule has 7 heteroatoms. The number of rotatable bonds is 6. The molecule has 1 fully saturated rings. The molecular weight excluding hydrogens is 382 g/mol. The van der Waals surface area contributed by atoms with Crippen LogP contribution in [0.5, 0.6) is 5.75 Å². The van der Waals surface area contributed by atoms with Crippen LogP contribution in [0.15, 0.2) is 18.2 Å². The molecule has 0 radical (unpaired) electrons. The second-order valence-electron chi connectivity index (χ2n) is 7.23. The minimum atomic E-state index is -0.213. The number of benzene rings is 1. The first-order valence-corrected chi connectivity index (χ1v) is 10.5. The standard InChI is InChI=1S/C20H26ClN3O2S/c1-13-6-8-24(9-7-13)11-18-15(3)22-20(27-18)23-19(25)12-26-16-4-5-17(21)14(2)10-16/h4-5,10,13H,6-9,11-12H2,1-3H3,(H,22,23,25). The third-order valence-electron chi connectivity index (χ3n) is 4.88. The van der Waals surface area contributed by atoms with Gasteiger partial charge in [-0.1, -0.05) is 18.5 Å². The molecule has 27 heavy (non-hydrogen) atoms. The number of nitrogens with zero attached hydrogens (tertiary/aromatic N) is 2. The Hall–Kier alpha value is -1.63. The summed E-state index contributed by atoms with van der Waals surface area (Å²) in [6.07, 6.45) is 2.51. The molecule has 0 spiro atoms. The maximum absolute atomic E-state index is 12.2. The number of ether oxygens (including phenoxy) is 1. The van der Waals surface area contributed by atoms with Crippen LogP contribution < -0.4 is 10.1 Å². The molecule has 5 nitrogen and oxygen atoms in total. The quantitative estimate of drug-likeness (QED) is 0.756. The molecule has 1 aromatic carbocycles. The number of hydrogen-bond acceptors (Lipinski definition) is 5. The molecule has 0 bridgehead atoms. The van der Waals surface area contributed by atoms with Gasteiger partial charge in [-0.15, -0.1) is 11.3 Å². The Kier molecular flexibility index (Phi) is 6.73. The van der Waals surface area contributed by atoms with Crippen molar-refractivity contribution in [1.29, 1.82) is 0 Å². The molecule has 2 heterocycles. The Labute approximate surface area is 169 Å². The lowest BCUT2D eigenvalue weighted by Gasteiger charge is -2.29. The number of carbonyl (C=O) groups excluding carboxylic acids is 1. The summed E-state index contributed by atoms with van der Waals surface area (Å²) >= 11 is 7.55. The highest BCUT2D eigenvalue weighted by Crippen LogP contribution is 2.26. The molecule has 0 unspecified atom stereocenters. The van der Waals surface area contributed by atoms with Gasteiger partial charge in [0, 0.05) is 16.4 Å². The summed E-state index contributed by atoms with van der Waals surface area (Å²) in [5, 5.41) is 4.16. The van der Waals surface area contributed by atoms with Gasteiger partial charge in [-0.05, 0) is 69.5 Å². The van der Waals surface area contributed by atoms with E-state index in [4.69, 9.17) is 16.3 Å². The highest BCUT2D eigenvalue weighted by atomic mass is 35.5. The van der Waals surface area contributed by atoms with Gasteiger partial charge in [0.05, 0.1) is 5.69 Å². The van der Waals surface area contributed by atoms with Gasteiger partial charge in [0.1, 0.15) is 5.75 Å². The lowest BCUT2D eigenvalue weighted by Crippen LogP contribution is -2.32. The van der Waals surface area contributed by atoms with Crippen molar-refractivity contribution in [3.8, 4) is 5.75 Å². The van der Waals surface area contributed by atoms with Crippen LogP contribution in [-0.4, -0.2) is 35.5 Å². The van der Waals surface area contributed by atoms with E-state index in [1.54, 1.807) is 23.5 Å². The molecule has 1 amide bonds. The number of carbonyl (C=O) groups is 1. The van der Waals surface area contributed by atoms with E-state index in [-0.39, 0.29) is 12.5 Å². The molecule has 0 atom stereocenters. The Balaban J connectivity index is 1.51. The number of anilines is 1. The number of amides is 1. The second-order valence-corrected chi connectivity index (χ2v) is 8.72. The van der Waals surface area contributed by atoms with Crippen molar-refractivity contribution in [2.45, 2.75) is 40.2 Å². The van der Waals surface area contributed by atoms with Gasteiger partial charge in [-0.25, -0.2) is 4.98 Å². The summed E-state index contributed by atoms with van der Waals surface area (Å²) < 4.78 is 5.54. The van der Waals surface area contributed by atoms with Crippen molar-refractivity contribution in [2.75, 3.05) is 25.0 Å². The van der Waals surface area contributed by atoms with E-state index >= 15 is 0 Å². The number of thiazole rings is 1. The average Bonchev–Trinajstić information content (AvgIpc) is 2.97. The van der Waals surface area contributed by atoms with Crippen molar-refractivity contribution in [3.63, 3.8) is 0 Å². The van der Waals surface area contributed by atoms with Crippen molar-refractivity contribution < 1.29 is 9.53 Å². The van der Waals surface area contributed by atoms with Crippen molar-refractivity contribution in [3.05, 3.63) is 39.4 Å².